The number of esters is 1. The fourth-order valence-corrected chi connectivity index (χ4v) is 2.56. The van der Waals surface area contributed by atoms with Gasteiger partial charge in [-0.2, -0.15) is 0 Å². The SMILES string of the molecule is COC(=O)C1CCCCN1C(=O)Cc1ncccc1C. The maximum Gasteiger partial charge on any atom is 0.328 e. The monoisotopic (exact) mass is 276 g/mol. The van der Waals surface area contributed by atoms with E-state index in [4.69, 9.17) is 4.74 Å². The minimum absolute atomic E-state index is 0.0538. The third kappa shape index (κ3) is 3.15. The zero-order chi connectivity index (χ0) is 14.5. The molecular formula is C15H20N2O3. The van der Waals surface area contributed by atoms with Gasteiger partial charge in [-0.25, -0.2) is 4.79 Å². The number of aryl methyl sites for hydroxylation is 1. The molecule has 0 N–H and O–H groups in total. The van der Waals surface area contributed by atoms with Crippen LogP contribution in [0.5, 0.6) is 0 Å². The first kappa shape index (κ1) is 14.5. The Balaban J connectivity index is 2.10. The van der Waals surface area contributed by atoms with E-state index < -0.39 is 6.04 Å². The molecule has 0 saturated carbocycles. The van der Waals surface area contributed by atoms with Gasteiger partial charge < -0.3 is 9.64 Å². The molecule has 1 unspecified atom stereocenters. The molecule has 1 saturated heterocycles. The van der Waals surface area contributed by atoms with Crippen LogP contribution in [0.4, 0.5) is 0 Å². The minimum atomic E-state index is -0.440. The van der Waals surface area contributed by atoms with Gasteiger partial charge in [0, 0.05) is 12.7 Å². The number of methoxy groups -OCH3 is 1. The lowest BCUT2D eigenvalue weighted by atomic mass is 10.0. The first-order valence-corrected chi connectivity index (χ1v) is 6.91. The van der Waals surface area contributed by atoms with Gasteiger partial charge in [0.1, 0.15) is 6.04 Å². The van der Waals surface area contributed by atoms with Gasteiger partial charge in [0.2, 0.25) is 5.91 Å². The van der Waals surface area contributed by atoms with E-state index >= 15 is 0 Å². The van der Waals surface area contributed by atoms with Gasteiger partial charge in [-0.1, -0.05) is 6.07 Å². The number of piperidine rings is 1. The van der Waals surface area contributed by atoms with Crippen LogP contribution in [0.25, 0.3) is 0 Å². The quantitative estimate of drug-likeness (QED) is 0.785. The third-order valence-electron chi connectivity index (χ3n) is 3.73. The smallest absolute Gasteiger partial charge is 0.328 e. The van der Waals surface area contributed by atoms with Crippen molar-refractivity contribution in [3.63, 3.8) is 0 Å². The van der Waals surface area contributed by atoms with Crippen LogP contribution in [-0.4, -0.2) is 41.5 Å². The molecule has 5 nitrogen and oxygen atoms in total. The van der Waals surface area contributed by atoms with Gasteiger partial charge in [-0.15, -0.1) is 0 Å². The zero-order valence-electron chi connectivity index (χ0n) is 12.0. The fourth-order valence-electron chi connectivity index (χ4n) is 2.56. The van der Waals surface area contributed by atoms with E-state index in [1.54, 1.807) is 11.1 Å². The van der Waals surface area contributed by atoms with Crippen LogP contribution in [0.1, 0.15) is 30.5 Å². The first-order chi connectivity index (χ1) is 9.63. The second-order valence-corrected chi connectivity index (χ2v) is 5.07. The van der Waals surface area contributed by atoms with E-state index in [9.17, 15) is 9.59 Å². The number of rotatable bonds is 3. The molecule has 1 amide bonds. The summed E-state index contributed by atoms with van der Waals surface area (Å²) < 4.78 is 4.80. The molecule has 0 spiro atoms. The van der Waals surface area contributed by atoms with Crippen molar-refractivity contribution in [2.45, 2.75) is 38.6 Å². The number of ether oxygens (including phenoxy) is 1. The number of aromatic nitrogens is 1. The number of carbonyl (C=O) groups is 2. The number of nitrogens with zero attached hydrogens (tertiary/aromatic N) is 2. The maximum atomic E-state index is 12.4. The molecule has 1 aromatic heterocycles. The number of carbonyl (C=O) groups excluding carboxylic acids is 2. The Labute approximate surface area is 118 Å². The summed E-state index contributed by atoms with van der Waals surface area (Å²) in [6, 6.07) is 3.34. The van der Waals surface area contributed by atoms with Crippen molar-refractivity contribution >= 4 is 11.9 Å². The molecule has 2 heterocycles. The number of hydrogen-bond donors (Lipinski definition) is 0. The Morgan fingerprint density at radius 2 is 2.25 bits per heavy atom. The topological polar surface area (TPSA) is 59.5 Å². The standard InChI is InChI=1S/C15H20N2O3/c1-11-6-5-8-16-12(11)10-14(18)17-9-4-3-7-13(17)15(19)20-2/h5-6,8,13H,3-4,7,9-10H2,1-2H3. The molecule has 1 atom stereocenters. The molecule has 0 bridgehead atoms. The molecule has 1 aromatic rings. The van der Waals surface area contributed by atoms with E-state index in [0.29, 0.717) is 13.0 Å². The summed E-state index contributed by atoms with van der Waals surface area (Å²) in [5.41, 5.74) is 1.76. The van der Waals surface area contributed by atoms with E-state index in [0.717, 1.165) is 24.1 Å². The number of likely N-dealkylation sites (tertiary alicyclic amines) is 1. The highest BCUT2D eigenvalue weighted by atomic mass is 16.5. The average molecular weight is 276 g/mol. The van der Waals surface area contributed by atoms with Crippen LogP contribution in [0.2, 0.25) is 0 Å². The number of pyridine rings is 1. The van der Waals surface area contributed by atoms with Crippen molar-refractivity contribution in [3.8, 4) is 0 Å². The van der Waals surface area contributed by atoms with Crippen LogP contribution < -0.4 is 0 Å². The van der Waals surface area contributed by atoms with Gasteiger partial charge in [0.25, 0.3) is 0 Å². The summed E-state index contributed by atoms with van der Waals surface area (Å²) in [4.78, 5) is 30.1. The highest BCUT2D eigenvalue weighted by Gasteiger charge is 2.32. The molecule has 1 aliphatic rings. The van der Waals surface area contributed by atoms with Crippen molar-refractivity contribution in [2.24, 2.45) is 0 Å². The number of hydrogen-bond acceptors (Lipinski definition) is 4. The van der Waals surface area contributed by atoms with Crippen molar-refractivity contribution in [2.75, 3.05) is 13.7 Å². The zero-order valence-corrected chi connectivity index (χ0v) is 12.0. The van der Waals surface area contributed by atoms with Crippen LogP contribution in [0.3, 0.4) is 0 Å². The summed E-state index contributed by atoms with van der Waals surface area (Å²) in [5, 5.41) is 0. The molecule has 5 heteroatoms. The minimum Gasteiger partial charge on any atom is -0.467 e. The van der Waals surface area contributed by atoms with Crippen molar-refractivity contribution in [1.82, 2.24) is 9.88 Å². The molecule has 2 rings (SSSR count). The predicted octanol–water partition coefficient (Wildman–Crippen LogP) is 1.49. The Kier molecular flexibility index (Phi) is 4.71. The average Bonchev–Trinajstić information content (AvgIpc) is 2.48. The lowest BCUT2D eigenvalue weighted by Crippen LogP contribution is -2.49. The normalized spacial score (nSPS) is 18.7. The molecule has 0 aliphatic carbocycles. The second-order valence-electron chi connectivity index (χ2n) is 5.07. The predicted molar refractivity (Wildman–Crippen MR) is 74.0 cm³/mol. The van der Waals surface area contributed by atoms with E-state index in [1.807, 2.05) is 19.1 Å². The first-order valence-electron chi connectivity index (χ1n) is 6.91. The Morgan fingerprint density at radius 1 is 1.45 bits per heavy atom. The van der Waals surface area contributed by atoms with Crippen molar-refractivity contribution in [1.29, 1.82) is 0 Å². The molecule has 20 heavy (non-hydrogen) atoms. The maximum absolute atomic E-state index is 12.4. The van der Waals surface area contributed by atoms with E-state index in [1.165, 1.54) is 7.11 Å². The molecule has 1 aliphatic heterocycles. The van der Waals surface area contributed by atoms with Crippen LogP contribution in [-0.2, 0) is 20.7 Å². The van der Waals surface area contributed by atoms with Gasteiger partial charge in [-0.05, 0) is 37.8 Å². The van der Waals surface area contributed by atoms with Gasteiger partial charge in [0.05, 0.1) is 19.2 Å². The van der Waals surface area contributed by atoms with Gasteiger partial charge >= 0.3 is 5.97 Å². The fraction of sp³-hybridized carbons (Fsp3) is 0.533. The summed E-state index contributed by atoms with van der Waals surface area (Å²) in [6.07, 6.45) is 4.48. The Bertz CT molecular complexity index is 502. The summed E-state index contributed by atoms with van der Waals surface area (Å²) in [6.45, 7) is 2.55. The molecule has 0 aromatic carbocycles. The lowest BCUT2D eigenvalue weighted by molar-refractivity contribution is -0.154. The van der Waals surface area contributed by atoms with E-state index in [-0.39, 0.29) is 18.3 Å². The third-order valence-corrected chi connectivity index (χ3v) is 3.73. The summed E-state index contributed by atoms with van der Waals surface area (Å²) in [7, 11) is 1.36. The molecular weight excluding hydrogens is 256 g/mol. The highest BCUT2D eigenvalue weighted by Crippen LogP contribution is 2.19. The van der Waals surface area contributed by atoms with Gasteiger partial charge in [-0.3, -0.25) is 9.78 Å². The number of amides is 1. The Hall–Kier alpha value is -1.91. The van der Waals surface area contributed by atoms with Gasteiger partial charge in [0.15, 0.2) is 0 Å². The van der Waals surface area contributed by atoms with Crippen LogP contribution in [0, 0.1) is 6.92 Å². The lowest BCUT2D eigenvalue weighted by Gasteiger charge is -2.33. The summed E-state index contributed by atoms with van der Waals surface area (Å²) in [5.74, 6) is -0.377. The van der Waals surface area contributed by atoms with Crippen LogP contribution in [0.15, 0.2) is 18.3 Å². The highest BCUT2D eigenvalue weighted by molar-refractivity contribution is 5.85. The summed E-state index contributed by atoms with van der Waals surface area (Å²) >= 11 is 0. The van der Waals surface area contributed by atoms with E-state index in [2.05, 4.69) is 4.98 Å². The molecule has 1 fully saturated rings. The second kappa shape index (κ2) is 6.50. The largest absolute Gasteiger partial charge is 0.467 e. The molecule has 0 radical (unpaired) electrons. The Morgan fingerprint density at radius 3 is 2.95 bits per heavy atom. The van der Waals surface area contributed by atoms with Crippen molar-refractivity contribution in [3.05, 3.63) is 29.6 Å². The van der Waals surface area contributed by atoms with Crippen LogP contribution >= 0.6 is 0 Å². The molecule has 108 valence electrons. The van der Waals surface area contributed by atoms with Crippen molar-refractivity contribution < 1.29 is 14.3 Å².